The van der Waals surface area contributed by atoms with Crippen LogP contribution >= 0.6 is 0 Å². The van der Waals surface area contributed by atoms with Crippen LogP contribution in [0.15, 0.2) is 23.8 Å². The summed E-state index contributed by atoms with van der Waals surface area (Å²) in [6.07, 6.45) is 7.16. The Morgan fingerprint density at radius 1 is 1.08 bits per heavy atom. The van der Waals surface area contributed by atoms with E-state index in [1.54, 1.807) is 0 Å². The average Bonchev–Trinajstić information content (AvgIpc) is 2.81. The summed E-state index contributed by atoms with van der Waals surface area (Å²) in [5.41, 5.74) is 8.07. The maximum atomic E-state index is 4.38. The van der Waals surface area contributed by atoms with Crippen LogP contribution in [0.1, 0.15) is 55.9 Å². The van der Waals surface area contributed by atoms with E-state index in [1.807, 2.05) is 0 Å². The van der Waals surface area contributed by atoms with Gasteiger partial charge in [-0.3, -0.25) is 0 Å². The van der Waals surface area contributed by atoms with Crippen LogP contribution in [-0.2, 0) is 12.8 Å². The molecule has 0 saturated carbocycles. The average molecular weight is 319 g/mol. The lowest BCUT2D eigenvalue weighted by Gasteiger charge is -2.11. The first-order valence-electron chi connectivity index (χ1n) is 9.09. The van der Waals surface area contributed by atoms with Crippen molar-refractivity contribution in [1.29, 1.82) is 0 Å². The minimum atomic E-state index is 0.568. The van der Waals surface area contributed by atoms with Crippen molar-refractivity contribution >= 4 is 19.2 Å². The number of aryl methyl sites for hydroxylation is 1. The van der Waals surface area contributed by atoms with E-state index in [0.29, 0.717) is 5.92 Å². The SMILES string of the molecule is C=c1c2c(c(=C)n1-c1ccc(C)c(/C=C(\C)C(C)C)c1)CCCC2. The monoisotopic (exact) mass is 319 g/mol. The van der Waals surface area contributed by atoms with Crippen LogP contribution in [0.5, 0.6) is 0 Å². The molecule has 1 aromatic heterocycles. The number of hydrogen-bond acceptors (Lipinski definition) is 0. The molecule has 3 rings (SSSR count). The Hall–Kier alpha value is -2.02. The summed E-state index contributed by atoms with van der Waals surface area (Å²) in [6, 6.07) is 6.70. The second-order valence-corrected chi connectivity index (χ2v) is 7.48. The summed E-state index contributed by atoms with van der Waals surface area (Å²) in [5.74, 6) is 0.568. The molecule has 0 fully saturated rings. The molecular formula is C23H29N. The first kappa shape index (κ1) is 16.8. The van der Waals surface area contributed by atoms with Crippen LogP contribution in [-0.4, -0.2) is 4.57 Å². The number of fused-ring (bicyclic) bond motifs is 1. The van der Waals surface area contributed by atoms with Crippen molar-refractivity contribution < 1.29 is 0 Å². The van der Waals surface area contributed by atoms with Crippen molar-refractivity contribution in [2.45, 2.75) is 53.4 Å². The molecule has 2 aromatic rings. The molecular weight excluding hydrogens is 290 g/mol. The number of nitrogens with zero attached hydrogens (tertiary/aromatic N) is 1. The van der Waals surface area contributed by atoms with Gasteiger partial charge in [0.25, 0.3) is 0 Å². The Bertz CT molecular complexity index is 856. The molecule has 1 aliphatic rings. The van der Waals surface area contributed by atoms with Crippen molar-refractivity contribution in [1.82, 2.24) is 4.57 Å². The molecule has 0 saturated heterocycles. The van der Waals surface area contributed by atoms with Gasteiger partial charge in [0.1, 0.15) is 0 Å². The molecule has 0 aliphatic heterocycles. The van der Waals surface area contributed by atoms with Gasteiger partial charge in [-0.2, -0.15) is 0 Å². The van der Waals surface area contributed by atoms with Gasteiger partial charge < -0.3 is 4.57 Å². The fraction of sp³-hybridized carbons (Fsp3) is 0.391. The van der Waals surface area contributed by atoms with Crippen molar-refractivity contribution in [3.63, 3.8) is 0 Å². The number of aromatic nitrogens is 1. The summed E-state index contributed by atoms with van der Waals surface area (Å²) >= 11 is 0. The second kappa shape index (κ2) is 6.47. The molecule has 1 nitrogen and oxygen atoms in total. The van der Waals surface area contributed by atoms with Crippen LogP contribution in [0.4, 0.5) is 0 Å². The minimum absolute atomic E-state index is 0.568. The van der Waals surface area contributed by atoms with Crippen LogP contribution in [0, 0.1) is 12.8 Å². The molecule has 1 heterocycles. The quantitative estimate of drug-likeness (QED) is 0.782. The molecule has 0 bridgehead atoms. The van der Waals surface area contributed by atoms with Crippen LogP contribution < -0.4 is 10.7 Å². The summed E-state index contributed by atoms with van der Waals surface area (Å²) in [4.78, 5) is 0. The lowest BCUT2D eigenvalue weighted by molar-refractivity contribution is 0.686. The van der Waals surface area contributed by atoms with E-state index in [1.165, 1.54) is 46.4 Å². The van der Waals surface area contributed by atoms with Gasteiger partial charge in [-0.1, -0.05) is 44.7 Å². The lowest BCUT2D eigenvalue weighted by atomic mass is 9.95. The van der Waals surface area contributed by atoms with Crippen LogP contribution in [0.25, 0.3) is 24.9 Å². The zero-order chi connectivity index (χ0) is 17.4. The molecule has 0 atom stereocenters. The van der Waals surface area contributed by atoms with E-state index in [0.717, 1.165) is 23.5 Å². The fourth-order valence-electron chi connectivity index (χ4n) is 3.62. The van der Waals surface area contributed by atoms with Gasteiger partial charge in [0.15, 0.2) is 0 Å². The third-order valence-electron chi connectivity index (χ3n) is 5.52. The largest absolute Gasteiger partial charge is 0.311 e. The molecule has 0 spiro atoms. The highest BCUT2D eigenvalue weighted by atomic mass is 15.0. The molecule has 0 radical (unpaired) electrons. The molecule has 0 N–H and O–H groups in total. The van der Waals surface area contributed by atoms with Crippen molar-refractivity contribution in [2.24, 2.45) is 5.92 Å². The molecule has 24 heavy (non-hydrogen) atoms. The maximum Gasteiger partial charge on any atom is 0.0467 e. The Morgan fingerprint density at radius 2 is 1.67 bits per heavy atom. The highest BCUT2D eigenvalue weighted by molar-refractivity contribution is 5.60. The molecule has 0 amide bonds. The summed E-state index contributed by atoms with van der Waals surface area (Å²) < 4.78 is 2.26. The number of allylic oxidation sites excluding steroid dienone is 1. The first-order chi connectivity index (χ1) is 11.4. The zero-order valence-corrected chi connectivity index (χ0v) is 15.6. The lowest BCUT2D eigenvalue weighted by Crippen LogP contribution is -2.24. The number of benzene rings is 1. The topological polar surface area (TPSA) is 4.93 Å². The normalized spacial score (nSPS) is 15.0. The summed E-state index contributed by atoms with van der Waals surface area (Å²) in [7, 11) is 0. The Kier molecular flexibility index (Phi) is 4.54. The molecule has 1 heteroatoms. The van der Waals surface area contributed by atoms with E-state index in [2.05, 4.69) is 69.7 Å². The highest BCUT2D eigenvalue weighted by Gasteiger charge is 2.17. The van der Waals surface area contributed by atoms with Crippen molar-refractivity contribution in [3.8, 4) is 5.69 Å². The first-order valence-corrected chi connectivity index (χ1v) is 9.09. The second-order valence-electron chi connectivity index (χ2n) is 7.48. The van der Waals surface area contributed by atoms with Gasteiger partial charge in [0.2, 0.25) is 0 Å². The van der Waals surface area contributed by atoms with E-state index < -0.39 is 0 Å². The Balaban J connectivity index is 2.15. The smallest absolute Gasteiger partial charge is 0.0467 e. The van der Waals surface area contributed by atoms with Crippen molar-refractivity contribution in [2.75, 3.05) is 0 Å². The van der Waals surface area contributed by atoms with Crippen LogP contribution in [0.3, 0.4) is 0 Å². The van der Waals surface area contributed by atoms with Gasteiger partial charge in [0.05, 0.1) is 0 Å². The third kappa shape index (κ3) is 2.88. The molecule has 0 unspecified atom stereocenters. The predicted octanol–water partition coefficient (Wildman–Crippen LogP) is 4.54. The fourth-order valence-corrected chi connectivity index (χ4v) is 3.62. The van der Waals surface area contributed by atoms with Gasteiger partial charge >= 0.3 is 0 Å². The maximum absolute atomic E-state index is 4.38. The van der Waals surface area contributed by atoms with E-state index >= 15 is 0 Å². The predicted molar refractivity (Wildman–Crippen MR) is 106 cm³/mol. The van der Waals surface area contributed by atoms with E-state index in [4.69, 9.17) is 0 Å². The number of rotatable bonds is 3. The van der Waals surface area contributed by atoms with Crippen LogP contribution in [0.2, 0.25) is 0 Å². The Labute approximate surface area is 146 Å². The molecule has 1 aliphatic carbocycles. The molecule has 126 valence electrons. The zero-order valence-electron chi connectivity index (χ0n) is 15.6. The van der Waals surface area contributed by atoms with Crippen molar-refractivity contribution in [3.05, 3.63) is 56.7 Å². The van der Waals surface area contributed by atoms with Gasteiger partial charge in [-0.05, 0) is 79.8 Å². The highest BCUT2D eigenvalue weighted by Crippen LogP contribution is 2.21. The number of hydrogen-bond donors (Lipinski definition) is 0. The molecule has 1 aromatic carbocycles. The third-order valence-corrected chi connectivity index (χ3v) is 5.52. The van der Waals surface area contributed by atoms with E-state index in [-0.39, 0.29) is 0 Å². The van der Waals surface area contributed by atoms with Gasteiger partial charge in [0, 0.05) is 16.4 Å². The van der Waals surface area contributed by atoms with Gasteiger partial charge in [-0.15, -0.1) is 0 Å². The van der Waals surface area contributed by atoms with Gasteiger partial charge in [-0.25, -0.2) is 0 Å². The van der Waals surface area contributed by atoms with E-state index in [9.17, 15) is 0 Å². The Morgan fingerprint density at radius 3 is 2.21 bits per heavy atom. The summed E-state index contributed by atoms with van der Waals surface area (Å²) in [6.45, 7) is 17.6. The minimum Gasteiger partial charge on any atom is -0.311 e. The standard InChI is InChI=1S/C23H29N/c1-15(2)17(4)13-20-14-21(12-11-16(20)3)24-18(5)22-9-7-8-10-23(22)19(24)6/h11-15H,5-10H2,1-4H3/b17-13+. The summed E-state index contributed by atoms with van der Waals surface area (Å²) in [5, 5.41) is 2.27.